The first kappa shape index (κ1) is 9.39. The standard InChI is InChI=1S/C12H13N3O/c1-16-11-4-2-3-10(7-11)15-8-12(13-14-15)9-5-6-9/h2-4,7-9H,5-6H2,1H3. The first-order valence-electron chi connectivity index (χ1n) is 5.43. The zero-order valence-corrected chi connectivity index (χ0v) is 9.13. The van der Waals surface area contributed by atoms with Gasteiger partial charge >= 0.3 is 0 Å². The maximum Gasteiger partial charge on any atom is 0.121 e. The molecule has 0 aliphatic heterocycles. The van der Waals surface area contributed by atoms with Gasteiger partial charge < -0.3 is 4.74 Å². The molecule has 16 heavy (non-hydrogen) atoms. The van der Waals surface area contributed by atoms with Crippen molar-refractivity contribution in [1.82, 2.24) is 15.0 Å². The van der Waals surface area contributed by atoms with Gasteiger partial charge in [-0.25, -0.2) is 4.68 Å². The molecule has 0 atom stereocenters. The normalized spacial score (nSPS) is 15.1. The monoisotopic (exact) mass is 215 g/mol. The van der Waals surface area contributed by atoms with Crippen molar-refractivity contribution in [2.24, 2.45) is 0 Å². The van der Waals surface area contributed by atoms with E-state index in [2.05, 4.69) is 10.3 Å². The number of methoxy groups -OCH3 is 1. The van der Waals surface area contributed by atoms with Gasteiger partial charge in [-0.2, -0.15) is 0 Å². The zero-order chi connectivity index (χ0) is 11.0. The molecule has 1 fully saturated rings. The SMILES string of the molecule is COc1cccc(-n2cc(C3CC3)nn2)c1. The van der Waals surface area contributed by atoms with Crippen LogP contribution in [0.3, 0.4) is 0 Å². The maximum absolute atomic E-state index is 5.18. The number of hydrogen-bond donors (Lipinski definition) is 0. The molecule has 0 saturated heterocycles. The number of ether oxygens (including phenoxy) is 1. The molecule has 0 unspecified atom stereocenters. The highest BCUT2D eigenvalue weighted by molar-refractivity contribution is 5.38. The Hall–Kier alpha value is -1.84. The predicted octanol–water partition coefficient (Wildman–Crippen LogP) is 2.15. The van der Waals surface area contributed by atoms with Crippen LogP contribution in [0.2, 0.25) is 0 Å². The minimum absolute atomic E-state index is 0.638. The molecule has 0 spiro atoms. The third-order valence-corrected chi connectivity index (χ3v) is 2.82. The van der Waals surface area contributed by atoms with Crippen LogP contribution in [0.1, 0.15) is 24.5 Å². The number of rotatable bonds is 3. The molecule has 1 aliphatic carbocycles. The maximum atomic E-state index is 5.18. The third kappa shape index (κ3) is 1.66. The minimum Gasteiger partial charge on any atom is -0.497 e. The molecule has 2 aromatic rings. The van der Waals surface area contributed by atoms with Crippen LogP contribution >= 0.6 is 0 Å². The van der Waals surface area contributed by atoms with Crippen molar-refractivity contribution < 1.29 is 4.74 Å². The first-order valence-corrected chi connectivity index (χ1v) is 5.43. The predicted molar refractivity (Wildman–Crippen MR) is 59.9 cm³/mol. The van der Waals surface area contributed by atoms with Gasteiger partial charge in [-0.1, -0.05) is 11.3 Å². The second-order valence-corrected chi connectivity index (χ2v) is 4.06. The van der Waals surface area contributed by atoms with E-state index in [9.17, 15) is 0 Å². The first-order chi connectivity index (χ1) is 7.86. The fourth-order valence-electron chi connectivity index (χ4n) is 1.72. The molecule has 0 N–H and O–H groups in total. The molecule has 4 nitrogen and oxygen atoms in total. The van der Waals surface area contributed by atoms with Crippen molar-refractivity contribution in [3.63, 3.8) is 0 Å². The van der Waals surface area contributed by atoms with Gasteiger partial charge in [-0.15, -0.1) is 5.10 Å². The van der Waals surface area contributed by atoms with Crippen LogP contribution in [0.5, 0.6) is 5.75 Å². The summed E-state index contributed by atoms with van der Waals surface area (Å²) in [6, 6.07) is 7.81. The van der Waals surface area contributed by atoms with Crippen molar-refractivity contribution in [3.05, 3.63) is 36.2 Å². The summed E-state index contributed by atoms with van der Waals surface area (Å²) >= 11 is 0. The van der Waals surface area contributed by atoms with Crippen molar-refractivity contribution in [1.29, 1.82) is 0 Å². The minimum atomic E-state index is 0.638. The van der Waals surface area contributed by atoms with E-state index in [-0.39, 0.29) is 0 Å². The molecular weight excluding hydrogens is 202 g/mol. The number of hydrogen-bond acceptors (Lipinski definition) is 3. The second-order valence-electron chi connectivity index (χ2n) is 4.06. The van der Waals surface area contributed by atoms with Crippen molar-refractivity contribution in [3.8, 4) is 11.4 Å². The average Bonchev–Trinajstić information content (AvgIpc) is 3.07. The van der Waals surface area contributed by atoms with Crippen LogP contribution in [0, 0.1) is 0 Å². The summed E-state index contributed by atoms with van der Waals surface area (Å²) in [7, 11) is 1.66. The smallest absolute Gasteiger partial charge is 0.121 e. The van der Waals surface area contributed by atoms with E-state index in [1.165, 1.54) is 12.8 Å². The molecule has 1 aromatic carbocycles. The summed E-state index contributed by atoms with van der Waals surface area (Å²) in [5, 5.41) is 8.32. The van der Waals surface area contributed by atoms with Crippen LogP contribution in [0.4, 0.5) is 0 Å². The van der Waals surface area contributed by atoms with E-state index in [1.54, 1.807) is 11.8 Å². The Morgan fingerprint density at radius 2 is 2.25 bits per heavy atom. The second kappa shape index (κ2) is 3.63. The van der Waals surface area contributed by atoms with Gasteiger partial charge in [0.1, 0.15) is 5.75 Å². The molecule has 0 amide bonds. The van der Waals surface area contributed by atoms with Gasteiger partial charge in [0, 0.05) is 12.0 Å². The Labute approximate surface area is 93.9 Å². The molecule has 1 aliphatic rings. The quantitative estimate of drug-likeness (QED) is 0.787. The Morgan fingerprint density at radius 1 is 1.38 bits per heavy atom. The Balaban J connectivity index is 1.93. The van der Waals surface area contributed by atoms with Crippen LogP contribution in [-0.4, -0.2) is 22.1 Å². The Bertz CT molecular complexity index is 502. The van der Waals surface area contributed by atoms with Crippen LogP contribution in [0.15, 0.2) is 30.5 Å². The van der Waals surface area contributed by atoms with Crippen LogP contribution in [-0.2, 0) is 0 Å². The molecular formula is C12H13N3O. The van der Waals surface area contributed by atoms with Crippen molar-refractivity contribution in [2.75, 3.05) is 7.11 Å². The van der Waals surface area contributed by atoms with Gasteiger partial charge in [-0.3, -0.25) is 0 Å². The van der Waals surface area contributed by atoms with E-state index in [0.717, 1.165) is 17.1 Å². The summed E-state index contributed by atoms with van der Waals surface area (Å²) in [5.74, 6) is 1.47. The van der Waals surface area contributed by atoms with Crippen molar-refractivity contribution >= 4 is 0 Å². The van der Waals surface area contributed by atoms with Crippen LogP contribution < -0.4 is 4.74 Å². The molecule has 0 radical (unpaired) electrons. The highest BCUT2D eigenvalue weighted by Crippen LogP contribution is 2.38. The van der Waals surface area contributed by atoms with Crippen LogP contribution in [0.25, 0.3) is 5.69 Å². The zero-order valence-electron chi connectivity index (χ0n) is 9.13. The summed E-state index contributed by atoms with van der Waals surface area (Å²) in [4.78, 5) is 0. The molecule has 3 rings (SSSR count). The number of aromatic nitrogens is 3. The van der Waals surface area contributed by atoms with E-state index in [0.29, 0.717) is 5.92 Å². The molecule has 4 heteroatoms. The molecule has 1 saturated carbocycles. The molecule has 1 heterocycles. The summed E-state index contributed by atoms with van der Waals surface area (Å²) in [5.41, 5.74) is 2.08. The summed E-state index contributed by atoms with van der Waals surface area (Å²) < 4.78 is 6.98. The van der Waals surface area contributed by atoms with Gasteiger partial charge in [0.15, 0.2) is 0 Å². The fraction of sp³-hybridized carbons (Fsp3) is 0.333. The van der Waals surface area contributed by atoms with E-state index in [4.69, 9.17) is 4.74 Å². The highest BCUT2D eigenvalue weighted by atomic mass is 16.5. The van der Waals surface area contributed by atoms with Crippen molar-refractivity contribution in [2.45, 2.75) is 18.8 Å². The highest BCUT2D eigenvalue weighted by Gasteiger charge is 2.26. The number of benzene rings is 1. The average molecular weight is 215 g/mol. The summed E-state index contributed by atoms with van der Waals surface area (Å²) in [6.07, 6.45) is 4.50. The third-order valence-electron chi connectivity index (χ3n) is 2.82. The van der Waals surface area contributed by atoms with Gasteiger partial charge in [0.05, 0.1) is 24.7 Å². The van der Waals surface area contributed by atoms with Gasteiger partial charge in [0.2, 0.25) is 0 Å². The topological polar surface area (TPSA) is 39.9 Å². The van der Waals surface area contributed by atoms with E-state index >= 15 is 0 Å². The van der Waals surface area contributed by atoms with E-state index < -0.39 is 0 Å². The lowest BCUT2D eigenvalue weighted by Gasteiger charge is -2.02. The molecule has 82 valence electrons. The van der Waals surface area contributed by atoms with Gasteiger partial charge in [0.25, 0.3) is 0 Å². The lowest BCUT2D eigenvalue weighted by Crippen LogP contribution is -1.95. The lowest BCUT2D eigenvalue weighted by molar-refractivity contribution is 0.414. The number of nitrogens with zero attached hydrogens (tertiary/aromatic N) is 3. The molecule has 1 aromatic heterocycles. The largest absolute Gasteiger partial charge is 0.497 e. The lowest BCUT2D eigenvalue weighted by atomic mass is 10.3. The van der Waals surface area contributed by atoms with Gasteiger partial charge in [-0.05, 0) is 25.0 Å². The Morgan fingerprint density at radius 3 is 3.00 bits per heavy atom. The van der Waals surface area contributed by atoms with E-state index in [1.807, 2.05) is 30.5 Å². The Kier molecular flexibility index (Phi) is 2.13. The fourth-order valence-corrected chi connectivity index (χ4v) is 1.72. The summed E-state index contributed by atoms with van der Waals surface area (Å²) in [6.45, 7) is 0. The molecule has 0 bridgehead atoms.